The first-order valence-electron chi connectivity index (χ1n) is 6.37. The van der Waals surface area contributed by atoms with Gasteiger partial charge in [-0.05, 0) is 26.8 Å². The average molecular weight is 253 g/mol. The number of Topliss-reactive ketones (excluding diaryl/α,β-unsaturated/α-hetero) is 1. The molecule has 0 spiro atoms. The molecule has 0 unspecified atom stereocenters. The van der Waals surface area contributed by atoms with Gasteiger partial charge in [0.15, 0.2) is 5.75 Å². The summed E-state index contributed by atoms with van der Waals surface area (Å²) >= 11 is 0. The van der Waals surface area contributed by atoms with Gasteiger partial charge in [0, 0.05) is 6.54 Å². The molecule has 0 amide bonds. The van der Waals surface area contributed by atoms with Gasteiger partial charge in [0.1, 0.15) is 5.69 Å². The Bertz CT molecular complexity index is 410. The monoisotopic (exact) mass is 253 g/mol. The topological polar surface area (TPSA) is 56.2 Å². The molecule has 0 aromatic carbocycles. The van der Waals surface area contributed by atoms with E-state index in [4.69, 9.17) is 4.74 Å². The molecule has 5 heteroatoms. The molecule has 0 aliphatic rings. The van der Waals surface area contributed by atoms with Crippen molar-refractivity contribution in [3.8, 4) is 5.75 Å². The Balaban J connectivity index is 3.13. The highest BCUT2D eigenvalue weighted by molar-refractivity contribution is 6.03. The molecule has 1 rings (SSSR count). The first-order chi connectivity index (χ1) is 8.47. The van der Waals surface area contributed by atoms with Crippen molar-refractivity contribution in [2.75, 3.05) is 13.7 Å². The summed E-state index contributed by atoms with van der Waals surface area (Å²) in [6.07, 6.45) is 2.53. The van der Waals surface area contributed by atoms with Gasteiger partial charge in [-0.15, -0.1) is 0 Å². The average Bonchev–Trinajstić information content (AvgIpc) is 2.71. The van der Waals surface area contributed by atoms with Crippen molar-refractivity contribution in [3.05, 3.63) is 11.9 Å². The Morgan fingerprint density at radius 3 is 2.67 bits per heavy atom. The minimum Gasteiger partial charge on any atom is -0.493 e. The fourth-order valence-electron chi connectivity index (χ4n) is 1.95. The van der Waals surface area contributed by atoms with E-state index in [1.165, 1.54) is 0 Å². The minimum absolute atomic E-state index is 0.00662. The van der Waals surface area contributed by atoms with E-state index in [1.807, 2.05) is 20.8 Å². The van der Waals surface area contributed by atoms with E-state index in [2.05, 4.69) is 17.3 Å². The summed E-state index contributed by atoms with van der Waals surface area (Å²) in [4.78, 5) is 12.6. The quantitative estimate of drug-likeness (QED) is 0.754. The lowest BCUT2D eigenvalue weighted by Gasteiger charge is -2.24. The molecule has 1 N–H and O–H groups in total. The van der Waals surface area contributed by atoms with Gasteiger partial charge in [-0.1, -0.05) is 13.8 Å². The summed E-state index contributed by atoms with van der Waals surface area (Å²) < 4.78 is 6.96. The van der Waals surface area contributed by atoms with Crippen LogP contribution in [0.25, 0.3) is 0 Å². The summed E-state index contributed by atoms with van der Waals surface area (Å²) in [5, 5.41) is 7.40. The van der Waals surface area contributed by atoms with Gasteiger partial charge in [0.2, 0.25) is 5.78 Å². The predicted molar refractivity (Wildman–Crippen MR) is 71.2 cm³/mol. The van der Waals surface area contributed by atoms with E-state index in [0.29, 0.717) is 18.0 Å². The Hall–Kier alpha value is -1.36. The van der Waals surface area contributed by atoms with Gasteiger partial charge in [-0.3, -0.25) is 9.48 Å². The normalized spacial score (nSPS) is 11.6. The first-order valence-corrected chi connectivity index (χ1v) is 6.37. The third kappa shape index (κ3) is 2.90. The van der Waals surface area contributed by atoms with Gasteiger partial charge in [0.25, 0.3) is 0 Å². The van der Waals surface area contributed by atoms with Crippen LogP contribution in [0.1, 0.15) is 44.6 Å². The van der Waals surface area contributed by atoms with Crippen LogP contribution in [0.4, 0.5) is 0 Å². The number of ketones is 1. The molecular formula is C13H23N3O2. The number of carbonyl (C=O) groups is 1. The van der Waals surface area contributed by atoms with E-state index in [0.717, 1.165) is 13.0 Å². The third-order valence-electron chi connectivity index (χ3n) is 2.86. The van der Waals surface area contributed by atoms with Gasteiger partial charge < -0.3 is 10.1 Å². The van der Waals surface area contributed by atoms with Crippen LogP contribution >= 0.6 is 0 Å². The molecule has 1 aromatic rings. The summed E-state index contributed by atoms with van der Waals surface area (Å²) in [5.74, 6) is 0.548. The van der Waals surface area contributed by atoms with E-state index in [9.17, 15) is 4.79 Å². The summed E-state index contributed by atoms with van der Waals surface area (Å²) in [6.45, 7) is 9.24. The molecule has 18 heavy (non-hydrogen) atoms. The van der Waals surface area contributed by atoms with Crippen molar-refractivity contribution in [3.63, 3.8) is 0 Å². The van der Waals surface area contributed by atoms with Crippen LogP contribution in [-0.4, -0.2) is 34.8 Å². The Morgan fingerprint density at radius 2 is 2.17 bits per heavy atom. The van der Waals surface area contributed by atoms with Gasteiger partial charge in [-0.2, -0.15) is 5.10 Å². The SMILES string of the molecule is CCCn1ncc(OC)c1C(=O)C(C)(C)NCC. The number of aryl methyl sites for hydroxylation is 1. The zero-order valence-corrected chi connectivity index (χ0v) is 11.9. The lowest BCUT2D eigenvalue weighted by Crippen LogP contribution is -2.47. The Morgan fingerprint density at radius 1 is 1.50 bits per heavy atom. The highest BCUT2D eigenvalue weighted by Crippen LogP contribution is 2.23. The van der Waals surface area contributed by atoms with E-state index in [-0.39, 0.29) is 5.78 Å². The molecule has 5 nitrogen and oxygen atoms in total. The fraction of sp³-hybridized carbons (Fsp3) is 0.692. The van der Waals surface area contributed by atoms with Crippen LogP contribution in [0.3, 0.4) is 0 Å². The molecule has 1 heterocycles. The molecule has 0 atom stereocenters. The lowest BCUT2D eigenvalue weighted by atomic mass is 9.96. The minimum atomic E-state index is -0.618. The predicted octanol–water partition coefficient (Wildman–Crippen LogP) is 1.87. The van der Waals surface area contributed by atoms with Crippen molar-refractivity contribution >= 4 is 5.78 Å². The van der Waals surface area contributed by atoms with E-state index in [1.54, 1.807) is 18.0 Å². The number of hydrogen-bond acceptors (Lipinski definition) is 4. The zero-order chi connectivity index (χ0) is 13.8. The van der Waals surface area contributed by atoms with Gasteiger partial charge >= 0.3 is 0 Å². The Kier molecular flexibility index (Phi) is 4.90. The molecule has 0 aliphatic carbocycles. The molecular weight excluding hydrogens is 230 g/mol. The second kappa shape index (κ2) is 6.00. The number of nitrogens with zero attached hydrogens (tertiary/aromatic N) is 2. The number of aromatic nitrogens is 2. The first kappa shape index (κ1) is 14.7. The van der Waals surface area contributed by atoms with Crippen LogP contribution in [0.2, 0.25) is 0 Å². The van der Waals surface area contributed by atoms with Crippen LogP contribution in [0.5, 0.6) is 5.75 Å². The van der Waals surface area contributed by atoms with Crippen LogP contribution in [0, 0.1) is 0 Å². The number of rotatable bonds is 7. The lowest BCUT2D eigenvalue weighted by molar-refractivity contribution is 0.0869. The van der Waals surface area contributed by atoms with E-state index < -0.39 is 5.54 Å². The number of hydrogen-bond donors (Lipinski definition) is 1. The maximum atomic E-state index is 12.6. The molecule has 0 bridgehead atoms. The number of methoxy groups -OCH3 is 1. The standard InChI is InChI=1S/C13H23N3O2/c1-6-8-16-11(10(18-5)9-15-16)12(17)13(3,4)14-7-2/h9,14H,6-8H2,1-5H3. The molecule has 0 fully saturated rings. The van der Waals surface area contributed by atoms with Gasteiger partial charge in [-0.25, -0.2) is 0 Å². The Labute approximate surface area is 109 Å². The van der Waals surface area contributed by atoms with E-state index >= 15 is 0 Å². The molecule has 0 aliphatic heterocycles. The smallest absolute Gasteiger partial charge is 0.204 e. The summed E-state index contributed by atoms with van der Waals surface area (Å²) in [7, 11) is 1.56. The number of nitrogens with one attached hydrogen (secondary N) is 1. The van der Waals surface area contributed by atoms with Crippen molar-refractivity contribution in [1.82, 2.24) is 15.1 Å². The van der Waals surface area contributed by atoms with Gasteiger partial charge in [0.05, 0.1) is 18.8 Å². The third-order valence-corrected chi connectivity index (χ3v) is 2.86. The van der Waals surface area contributed by atoms with Crippen molar-refractivity contribution < 1.29 is 9.53 Å². The van der Waals surface area contributed by atoms with Crippen LogP contribution < -0.4 is 10.1 Å². The number of likely N-dealkylation sites (N-methyl/N-ethyl adjacent to an activating group) is 1. The molecule has 1 aromatic heterocycles. The largest absolute Gasteiger partial charge is 0.493 e. The highest BCUT2D eigenvalue weighted by Gasteiger charge is 2.32. The van der Waals surface area contributed by atoms with Crippen molar-refractivity contribution in [1.29, 1.82) is 0 Å². The fourth-order valence-corrected chi connectivity index (χ4v) is 1.95. The molecule has 0 radical (unpaired) electrons. The van der Waals surface area contributed by atoms with Crippen molar-refractivity contribution in [2.45, 2.75) is 46.2 Å². The summed E-state index contributed by atoms with van der Waals surface area (Å²) in [5.41, 5.74) is -0.0709. The summed E-state index contributed by atoms with van der Waals surface area (Å²) in [6, 6.07) is 0. The maximum Gasteiger partial charge on any atom is 0.204 e. The highest BCUT2D eigenvalue weighted by atomic mass is 16.5. The number of carbonyl (C=O) groups excluding carboxylic acids is 1. The number of ether oxygens (including phenoxy) is 1. The van der Waals surface area contributed by atoms with Crippen LogP contribution in [-0.2, 0) is 6.54 Å². The maximum absolute atomic E-state index is 12.6. The second-order valence-corrected chi connectivity index (χ2v) is 4.77. The zero-order valence-electron chi connectivity index (χ0n) is 11.9. The molecule has 0 saturated carbocycles. The van der Waals surface area contributed by atoms with Crippen LogP contribution in [0.15, 0.2) is 6.20 Å². The second-order valence-electron chi connectivity index (χ2n) is 4.77. The molecule has 0 saturated heterocycles. The molecule has 102 valence electrons. The van der Waals surface area contributed by atoms with Crippen molar-refractivity contribution in [2.24, 2.45) is 0 Å².